The van der Waals surface area contributed by atoms with E-state index in [4.69, 9.17) is 11.6 Å². The lowest BCUT2D eigenvalue weighted by Gasteiger charge is -2.06. The predicted octanol–water partition coefficient (Wildman–Crippen LogP) is 4.33. The van der Waals surface area contributed by atoms with Gasteiger partial charge in [-0.2, -0.15) is 0 Å². The Morgan fingerprint density at radius 2 is 1.69 bits per heavy atom. The van der Waals surface area contributed by atoms with Gasteiger partial charge in [0, 0.05) is 5.02 Å². The predicted molar refractivity (Wildman–Crippen MR) is 68.0 cm³/mol. The molecule has 0 fully saturated rings. The number of aryl methyl sites for hydroxylation is 2. The van der Waals surface area contributed by atoms with E-state index < -0.39 is 0 Å². The van der Waals surface area contributed by atoms with Gasteiger partial charge < -0.3 is 5.11 Å². The van der Waals surface area contributed by atoms with Gasteiger partial charge in [0.25, 0.3) is 0 Å². The highest BCUT2D eigenvalue weighted by Gasteiger charge is 2.02. The number of phenolic OH excluding ortho intramolecular Hbond substituents is 1. The molecule has 0 aliphatic heterocycles. The first-order valence-electron chi connectivity index (χ1n) is 5.13. The molecule has 0 aliphatic rings. The van der Waals surface area contributed by atoms with E-state index in [0.29, 0.717) is 5.75 Å². The van der Waals surface area contributed by atoms with Crippen LogP contribution in [0.3, 0.4) is 0 Å². The maximum absolute atomic E-state index is 9.55. The van der Waals surface area contributed by atoms with Crippen LogP contribution in [0.4, 0.5) is 0 Å². The molecule has 1 nitrogen and oxygen atoms in total. The Morgan fingerprint density at radius 3 is 2.31 bits per heavy atom. The fourth-order valence-electron chi connectivity index (χ4n) is 1.75. The Hall–Kier alpha value is -1.47. The quantitative estimate of drug-likeness (QED) is 0.776. The SMILES string of the molecule is Cc1cc(O)cc(-c2ccc(Cl)c(C)c2)c1. The van der Waals surface area contributed by atoms with E-state index in [9.17, 15) is 5.11 Å². The molecule has 0 atom stereocenters. The van der Waals surface area contributed by atoms with Gasteiger partial charge in [-0.3, -0.25) is 0 Å². The van der Waals surface area contributed by atoms with Crippen molar-refractivity contribution in [2.45, 2.75) is 13.8 Å². The van der Waals surface area contributed by atoms with Crippen LogP contribution >= 0.6 is 11.6 Å². The molecule has 0 aromatic heterocycles. The van der Waals surface area contributed by atoms with Gasteiger partial charge in [-0.15, -0.1) is 0 Å². The van der Waals surface area contributed by atoms with Crippen LogP contribution in [0.15, 0.2) is 36.4 Å². The molecule has 0 saturated heterocycles. The molecule has 0 radical (unpaired) electrons. The molecule has 0 aliphatic carbocycles. The van der Waals surface area contributed by atoms with Gasteiger partial charge in [-0.25, -0.2) is 0 Å². The van der Waals surface area contributed by atoms with E-state index >= 15 is 0 Å². The first kappa shape index (κ1) is 11.0. The second-order valence-electron chi connectivity index (χ2n) is 4.02. The first-order chi connectivity index (χ1) is 7.56. The van der Waals surface area contributed by atoms with E-state index in [2.05, 4.69) is 0 Å². The minimum Gasteiger partial charge on any atom is -0.508 e. The molecule has 0 amide bonds. The highest BCUT2D eigenvalue weighted by Crippen LogP contribution is 2.28. The average molecular weight is 233 g/mol. The Kier molecular flexibility index (Phi) is 2.88. The summed E-state index contributed by atoms with van der Waals surface area (Å²) in [5, 5.41) is 10.3. The van der Waals surface area contributed by atoms with Crippen molar-refractivity contribution in [3.63, 3.8) is 0 Å². The van der Waals surface area contributed by atoms with Gasteiger partial charge in [0.05, 0.1) is 0 Å². The Balaban J connectivity index is 2.54. The summed E-state index contributed by atoms with van der Waals surface area (Å²) in [6.45, 7) is 3.94. The van der Waals surface area contributed by atoms with Gasteiger partial charge in [0.2, 0.25) is 0 Å². The second-order valence-corrected chi connectivity index (χ2v) is 4.43. The molecule has 1 N–H and O–H groups in total. The minimum absolute atomic E-state index is 0.294. The van der Waals surface area contributed by atoms with Gasteiger partial charge >= 0.3 is 0 Å². The molecule has 2 rings (SSSR count). The summed E-state index contributed by atoms with van der Waals surface area (Å²) >= 11 is 5.98. The summed E-state index contributed by atoms with van der Waals surface area (Å²) in [6, 6.07) is 11.4. The molecule has 2 aromatic rings. The number of phenols is 1. The zero-order valence-corrected chi connectivity index (χ0v) is 10.0. The van der Waals surface area contributed by atoms with Gasteiger partial charge in [-0.1, -0.05) is 23.7 Å². The van der Waals surface area contributed by atoms with Gasteiger partial charge in [-0.05, 0) is 60.4 Å². The molecular weight excluding hydrogens is 220 g/mol. The zero-order chi connectivity index (χ0) is 11.7. The monoisotopic (exact) mass is 232 g/mol. The van der Waals surface area contributed by atoms with Crippen LogP contribution in [0.5, 0.6) is 5.75 Å². The van der Waals surface area contributed by atoms with E-state index in [0.717, 1.165) is 27.3 Å². The molecule has 0 unspecified atom stereocenters. The van der Waals surface area contributed by atoms with Crippen molar-refractivity contribution in [3.05, 3.63) is 52.5 Å². The normalized spacial score (nSPS) is 10.4. The second kappa shape index (κ2) is 4.18. The van der Waals surface area contributed by atoms with Crippen molar-refractivity contribution in [1.82, 2.24) is 0 Å². The molecule has 2 heteroatoms. The zero-order valence-electron chi connectivity index (χ0n) is 9.29. The van der Waals surface area contributed by atoms with Crippen molar-refractivity contribution in [3.8, 4) is 16.9 Å². The van der Waals surface area contributed by atoms with E-state index in [-0.39, 0.29) is 0 Å². The van der Waals surface area contributed by atoms with Crippen molar-refractivity contribution in [2.24, 2.45) is 0 Å². The van der Waals surface area contributed by atoms with Crippen LogP contribution in [-0.4, -0.2) is 5.11 Å². The van der Waals surface area contributed by atoms with Gasteiger partial charge in [0.15, 0.2) is 0 Å². The van der Waals surface area contributed by atoms with Crippen molar-refractivity contribution < 1.29 is 5.11 Å². The van der Waals surface area contributed by atoms with Crippen LogP contribution < -0.4 is 0 Å². The minimum atomic E-state index is 0.294. The third-order valence-corrected chi connectivity index (χ3v) is 2.98. The van der Waals surface area contributed by atoms with Crippen LogP contribution in [0.2, 0.25) is 5.02 Å². The van der Waals surface area contributed by atoms with Gasteiger partial charge in [0.1, 0.15) is 5.75 Å². The smallest absolute Gasteiger partial charge is 0.116 e. The molecule has 0 saturated carbocycles. The average Bonchev–Trinajstić information content (AvgIpc) is 2.20. The number of aromatic hydroxyl groups is 1. The summed E-state index contributed by atoms with van der Waals surface area (Å²) in [6.07, 6.45) is 0. The maximum Gasteiger partial charge on any atom is 0.116 e. The molecule has 82 valence electrons. The lowest BCUT2D eigenvalue weighted by molar-refractivity contribution is 0.475. The maximum atomic E-state index is 9.55. The van der Waals surface area contributed by atoms with Crippen LogP contribution in [0.25, 0.3) is 11.1 Å². The number of benzene rings is 2. The lowest BCUT2D eigenvalue weighted by Crippen LogP contribution is -1.82. The third-order valence-electron chi connectivity index (χ3n) is 2.55. The number of halogens is 1. The van der Waals surface area contributed by atoms with Crippen molar-refractivity contribution in [1.29, 1.82) is 0 Å². The van der Waals surface area contributed by atoms with E-state index in [1.54, 1.807) is 12.1 Å². The fourth-order valence-corrected chi connectivity index (χ4v) is 1.87. The summed E-state index contributed by atoms with van der Waals surface area (Å²) in [5.74, 6) is 0.294. The molecule has 0 bridgehead atoms. The van der Waals surface area contributed by atoms with Crippen molar-refractivity contribution in [2.75, 3.05) is 0 Å². The fraction of sp³-hybridized carbons (Fsp3) is 0.143. The number of hydrogen-bond donors (Lipinski definition) is 1. The van der Waals surface area contributed by atoms with E-state index in [1.807, 2.05) is 38.1 Å². The standard InChI is InChI=1S/C14H13ClO/c1-9-5-12(8-13(16)6-9)11-3-4-14(15)10(2)7-11/h3-8,16H,1-2H3. The molecule has 2 aromatic carbocycles. The first-order valence-corrected chi connectivity index (χ1v) is 5.51. The number of rotatable bonds is 1. The highest BCUT2D eigenvalue weighted by molar-refractivity contribution is 6.31. The summed E-state index contributed by atoms with van der Waals surface area (Å²) in [4.78, 5) is 0. The number of hydrogen-bond acceptors (Lipinski definition) is 1. The Bertz CT molecular complexity index is 512. The van der Waals surface area contributed by atoms with Crippen molar-refractivity contribution >= 4 is 11.6 Å². The lowest BCUT2D eigenvalue weighted by atomic mass is 10.0. The van der Waals surface area contributed by atoms with E-state index in [1.165, 1.54) is 0 Å². The third kappa shape index (κ3) is 2.20. The largest absolute Gasteiger partial charge is 0.508 e. The summed E-state index contributed by atoms with van der Waals surface area (Å²) in [7, 11) is 0. The Labute approximate surface area is 100 Å². The molecule has 16 heavy (non-hydrogen) atoms. The van der Waals surface area contributed by atoms with Crippen LogP contribution in [0, 0.1) is 13.8 Å². The molecule has 0 heterocycles. The summed E-state index contributed by atoms with van der Waals surface area (Å²) < 4.78 is 0. The van der Waals surface area contributed by atoms with Crippen LogP contribution in [0.1, 0.15) is 11.1 Å². The molecule has 0 spiro atoms. The topological polar surface area (TPSA) is 20.2 Å². The Morgan fingerprint density at radius 1 is 0.938 bits per heavy atom. The highest BCUT2D eigenvalue weighted by atomic mass is 35.5. The molecular formula is C14H13ClO. The summed E-state index contributed by atoms with van der Waals surface area (Å²) in [5.41, 5.74) is 4.17. The van der Waals surface area contributed by atoms with Crippen LogP contribution in [-0.2, 0) is 0 Å².